The molecule has 0 unspecified atom stereocenters. The van der Waals surface area contributed by atoms with Gasteiger partial charge in [0.05, 0.1) is 17.6 Å². The van der Waals surface area contributed by atoms with Gasteiger partial charge < -0.3 is 11.1 Å². The predicted molar refractivity (Wildman–Crippen MR) is 69.1 cm³/mol. The van der Waals surface area contributed by atoms with E-state index < -0.39 is 11.7 Å². The Bertz CT molecular complexity index is 578. The lowest BCUT2D eigenvalue weighted by atomic mass is 10.2. The number of anilines is 2. The number of halogens is 1. The largest absolute Gasteiger partial charge is 0.395 e. The Balaban J connectivity index is 2.13. The SMILES string of the molecule is CCCc1[nH]nc(C(=O)Nc2ccc(F)cn2)c1N. The Morgan fingerprint density at radius 3 is 2.95 bits per heavy atom. The second-order valence-electron chi connectivity index (χ2n) is 4.03. The van der Waals surface area contributed by atoms with Gasteiger partial charge in [0, 0.05) is 0 Å². The monoisotopic (exact) mass is 263 g/mol. The van der Waals surface area contributed by atoms with Crippen LogP contribution in [-0.4, -0.2) is 21.1 Å². The number of amides is 1. The van der Waals surface area contributed by atoms with Crippen molar-refractivity contribution >= 4 is 17.4 Å². The molecular weight excluding hydrogens is 249 g/mol. The molecule has 0 bridgehead atoms. The van der Waals surface area contributed by atoms with E-state index in [1.807, 2.05) is 6.92 Å². The summed E-state index contributed by atoms with van der Waals surface area (Å²) >= 11 is 0. The van der Waals surface area contributed by atoms with Crippen LogP contribution in [0.4, 0.5) is 15.9 Å². The molecule has 100 valence electrons. The lowest BCUT2D eigenvalue weighted by molar-refractivity contribution is 0.102. The number of H-pyrrole nitrogens is 1. The molecule has 0 fully saturated rings. The summed E-state index contributed by atoms with van der Waals surface area (Å²) in [6.45, 7) is 2.00. The minimum absolute atomic E-state index is 0.120. The van der Waals surface area contributed by atoms with Gasteiger partial charge in [0.25, 0.3) is 5.91 Å². The Hall–Kier alpha value is -2.44. The number of carbonyl (C=O) groups is 1. The molecule has 0 saturated carbocycles. The second kappa shape index (κ2) is 5.47. The van der Waals surface area contributed by atoms with Crippen LogP contribution in [-0.2, 0) is 6.42 Å². The Kier molecular flexibility index (Phi) is 3.74. The molecule has 0 aliphatic heterocycles. The van der Waals surface area contributed by atoms with Crippen LogP contribution in [0.15, 0.2) is 18.3 Å². The van der Waals surface area contributed by atoms with Gasteiger partial charge in [-0.1, -0.05) is 13.3 Å². The fourth-order valence-corrected chi connectivity index (χ4v) is 1.63. The third-order valence-electron chi connectivity index (χ3n) is 2.57. The zero-order valence-corrected chi connectivity index (χ0v) is 10.4. The molecule has 6 nitrogen and oxygen atoms in total. The summed E-state index contributed by atoms with van der Waals surface area (Å²) in [6, 6.07) is 2.57. The van der Waals surface area contributed by atoms with E-state index in [0.29, 0.717) is 5.69 Å². The van der Waals surface area contributed by atoms with E-state index in [-0.39, 0.29) is 11.5 Å². The molecule has 0 radical (unpaired) electrons. The maximum atomic E-state index is 12.7. The van der Waals surface area contributed by atoms with Gasteiger partial charge in [-0.15, -0.1) is 0 Å². The average molecular weight is 263 g/mol. The number of rotatable bonds is 4. The van der Waals surface area contributed by atoms with Crippen molar-refractivity contribution < 1.29 is 9.18 Å². The normalized spacial score (nSPS) is 10.4. The summed E-state index contributed by atoms with van der Waals surface area (Å²) in [6.07, 6.45) is 2.64. The maximum Gasteiger partial charge on any atom is 0.279 e. The van der Waals surface area contributed by atoms with Crippen LogP contribution < -0.4 is 11.1 Å². The third-order valence-corrected chi connectivity index (χ3v) is 2.57. The molecule has 1 amide bonds. The Morgan fingerprint density at radius 2 is 2.32 bits per heavy atom. The number of nitrogens with zero attached hydrogens (tertiary/aromatic N) is 2. The number of nitrogens with two attached hydrogens (primary N) is 1. The topological polar surface area (TPSA) is 96.7 Å². The summed E-state index contributed by atoms with van der Waals surface area (Å²) < 4.78 is 12.7. The van der Waals surface area contributed by atoms with E-state index in [1.165, 1.54) is 12.1 Å². The van der Waals surface area contributed by atoms with Crippen molar-refractivity contribution in [1.29, 1.82) is 0 Å². The molecule has 19 heavy (non-hydrogen) atoms. The van der Waals surface area contributed by atoms with Crippen molar-refractivity contribution in [3.8, 4) is 0 Å². The van der Waals surface area contributed by atoms with Crippen molar-refractivity contribution in [2.45, 2.75) is 19.8 Å². The number of hydrogen-bond acceptors (Lipinski definition) is 4. The molecular formula is C12H14FN5O. The molecule has 2 heterocycles. The van der Waals surface area contributed by atoms with Gasteiger partial charge in [-0.2, -0.15) is 5.10 Å². The zero-order valence-electron chi connectivity index (χ0n) is 10.4. The quantitative estimate of drug-likeness (QED) is 0.782. The summed E-state index contributed by atoms with van der Waals surface area (Å²) in [7, 11) is 0. The highest BCUT2D eigenvalue weighted by atomic mass is 19.1. The second-order valence-corrected chi connectivity index (χ2v) is 4.03. The Morgan fingerprint density at radius 1 is 1.53 bits per heavy atom. The fourth-order valence-electron chi connectivity index (χ4n) is 1.63. The lowest BCUT2D eigenvalue weighted by Crippen LogP contribution is -2.15. The van der Waals surface area contributed by atoms with Crippen molar-refractivity contribution in [1.82, 2.24) is 15.2 Å². The molecule has 4 N–H and O–H groups in total. The minimum atomic E-state index is -0.477. The van der Waals surface area contributed by atoms with E-state index in [2.05, 4.69) is 20.5 Å². The summed E-state index contributed by atoms with van der Waals surface area (Å²) in [5, 5.41) is 9.12. The van der Waals surface area contributed by atoms with E-state index in [9.17, 15) is 9.18 Å². The number of aromatic amines is 1. The smallest absolute Gasteiger partial charge is 0.279 e. The minimum Gasteiger partial charge on any atom is -0.395 e. The predicted octanol–water partition coefficient (Wildman–Crippen LogP) is 1.73. The van der Waals surface area contributed by atoms with Crippen molar-refractivity contribution in [3.63, 3.8) is 0 Å². The van der Waals surface area contributed by atoms with Gasteiger partial charge in [0.2, 0.25) is 0 Å². The van der Waals surface area contributed by atoms with Crippen LogP contribution in [0.2, 0.25) is 0 Å². The average Bonchev–Trinajstić information content (AvgIpc) is 2.75. The number of aryl methyl sites for hydroxylation is 1. The number of pyridine rings is 1. The number of carbonyl (C=O) groups excluding carboxylic acids is 1. The molecule has 2 rings (SSSR count). The summed E-state index contributed by atoms with van der Waals surface area (Å²) in [5.74, 6) is -0.705. The molecule has 0 atom stereocenters. The van der Waals surface area contributed by atoms with E-state index in [1.54, 1.807) is 0 Å². The standard InChI is InChI=1S/C12H14FN5O/c1-2-3-8-10(14)11(18-17-8)12(19)16-9-5-4-7(13)6-15-9/h4-6H,2-3,14H2,1H3,(H,17,18)(H,15,16,19). The van der Waals surface area contributed by atoms with Gasteiger partial charge in [-0.25, -0.2) is 9.37 Å². The molecule has 2 aromatic rings. The first-order valence-electron chi connectivity index (χ1n) is 5.87. The van der Waals surface area contributed by atoms with Gasteiger partial charge >= 0.3 is 0 Å². The van der Waals surface area contributed by atoms with Crippen LogP contribution >= 0.6 is 0 Å². The first-order chi connectivity index (χ1) is 9.11. The third kappa shape index (κ3) is 2.87. The Labute approximate surface area is 109 Å². The van der Waals surface area contributed by atoms with Crippen molar-refractivity contribution in [2.75, 3.05) is 11.1 Å². The highest BCUT2D eigenvalue weighted by Crippen LogP contribution is 2.16. The first kappa shape index (κ1) is 13.0. The van der Waals surface area contributed by atoms with Crippen LogP contribution in [0, 0.1) is 5.82 Å². The number of aromatic nitrogens is 3. The van der Waals surface area contributed by atoms with Crippen molar-refractivity contribution in [3.05, 3.63) is 35.5 Å². The van der Waals surface area contributed by atoms with E-state index >= 15 is 0 Å². The first-order valence-corrected chi connectivity index (χ1v) is 5.87. The van der Waals surface area contributed by atoms with Gasteiger partial charge in [-0.3, -0.25) is 9.89 Å². The van der Waals surface area contributed by atoms with Crippen molar-refractivity contribution in [2.24, 2.45) is 0 Å². The molecule has 0 saturated heterocycles. The van der Waals surface area contributed by atoms with Crippen LogP contribution in [0.1, 0.15) is 29.5 Å². The molecule has 0 aliphatic rings. The van der Waals surface area contributed by atoms with Crippen LogP contribution in [0.25, 0.3) is 0 Å². The highest BCUT2D eigenvalue weighted by Gasteiger charge is 2.17. The number of nitrogen functional groups attached to an aromatic ring is 1. The molecule has 0 aromatic carbocycles. The van der Waals surface area contributed by atoms with E-state index in [4.69, 9.17) is 5.73 Å². The number of nitrogens with one attached hydrogen (secondary N) is 2. The van der Waals surface area contributed by atoms with Crippen LogP contribution in [0.3, 0.4) is 0 Å². The highest BCUT2D eigenvalue weighted by molar-refractivity contribution is 6.06. The van der Waals surface area contributed by atoms with Gasteiger partial charge in [0.15, 0.2) is 5.69 Å². The molecule has 0 spiro atoms. The lowest BCUT2D eigenvalue weighted by Gasteiger charge is -2.02. The van der Waals surface area contributed by atoms with Crippen LogP contribution in [0.5, 0.6) is 0 Å². The van der Waals surface area contributed by atoms with E-state index in [0.717, 1.165) is 24.7 Å². The fraction of sp³-hybridized carbons (Fsp3) is 0.250. The maximum absolute atomic E-state index is 12.7. The van der Waals surface area contributed by atoms with Gasteiger partial charge in [-0.05, 0) is 18.6 Å². The number of hydrogen-bond donors (Lipinski definition) is 3. The molecule has 7 heteroatoms. The van der Waals surface area contributed by atoms with Gasteiger partial charge in [0.1, 0.15) is 11.6 Å². The zero-order chi connectivity index (χ0) is 13.8. The summed E-state index contributed by atoms with van der Waals surface area (Å²) in [5.41, 5.74) is 7.02. The molecule has 0 aliphatic carbocycles. The summed E-state index contributed by atoms with van der Waals surface area (Å²) in [4.78, 5) is 15.7. The molecule has 2 aromatic heterocycles.